The summed E-state index contributed by atoms with van der Waals surface area (Å²) in [6, 6.07) is 13.9. The minimum absolute atomic E-state index is 0.244. The molecule has 0 aliphatic carbocycles. The van der Waals surface area contributed by atoms with Crippen molar-refractivity contribution >= 4 is 26.7 Å². The molecule has 0 saturated carbocycles. The molecule has 0 amide bonds. The summed E-state index contributed by atoms with van der Waals surface area (Å²) >= 11 is 0. The summed E-state index contributed by atoms with van der Waals surface area (Å²) in [6.07, 6.45) is 9.13. The summed E-state index contributed by atoms with van der Waals surface area (Å²) < 4.78 is 46.7. The fourth-order valence-corrected chi connectivity index (χ4v) is 4.69. The normalized spacial score (nSPS) is 11.6. The van der Waals surface area contributed by atoms with Gasteiger partial charge < -0.3 is 9.72 Å². The molecule has 0 aliphatic rings. The van der Waals surface area contributed by atoms with Gasteiger partial charge in [0.15, 0.2) is 0 Å². The Morgan fingerprint density at radius 2 is 1.94 bits per heavy atom. The van der Waals surface area contributed by atoms with Gasteiger partial charge in [-0.05, 0) is 47.9 Å². The number of hydrogen-bond donors (Lipinski definition) is 2. The number of methoxy groups -OCH3 is 1. The third-order valence-electron chi connectivity index (χ3n) is 5.82. The molecule has 0 saturated heterocycles. The van der Waals surface area contributed by atoms with Gasteiger partial charge in [-0.25, -0.2) is 17.8 Å². The van der Waals surface area contributed by atoms with Gasteiger partial charge in [0.1, 0.15) is 17.2 Å². The van der Waals surface area contributed by atoms with Crippen LogP contribution in [0.5, 0.6) is 5.75 Å². The average Bonchev–Trinajstić information content (AvgIpc) is 3.48. The number of fused-ring (bicyclic) bond motifs is 1. The maximum atomic E-state index is 13.5. The Bertz CT molecular complexity index is 1660. The molecule has 5 rings (SSSR count). The largest absolute Gasteiger partial charge is 0.495 e. The average molecular weight is 506 g/mol. The van der Waals surface area contributed by atoms with Crippen LogP contribution in [0.2, 0.25) is 0 Å². The minimum Gasteiger partial charge on any atom is -0.495 e. The molecule has 0 atom stereocenters. The second kappa shape index (κ2) is 9.46. The van der Waals surface area contributed by atoms with E-state index < -0.39 is 10.0 Å². The van der Waals surface area contributed by atoms with Crippen LogP contribution < -0.4 is 9.46 Å². The molecule has 184 valence electrons. The lowest BCUT2D eigenvalue weighted by atomic mass is 10.0. The number of halogens is 1. The Kier molecular flexibility index (Phi) is 6.19. The third-order valence-corrected chi connectivity index (χ3v) is 6.41. The summed E-state index contributed by atoms with van der Waals surface area (Å²) in [6.45, 7) is 0.622. The van der Waals surface area contributed by atoms with Gasteiger partial charge in [-0.1, -0.05) is 18.2 Å². The van der Waals surface area contributed by atoms with Crippen molar-refractivity contribution in [3.63, 3.8) is 0 Å². The monoisotopic (exact) mass is 505 g/mol. The Morgan fingerprint density at radius 3 is 2.72 bits per heavy atom. The zero-order valence-corrected chi connectivity index (χ0v) is 20.5. The van der Waals surface area contributed by atoms with Gasteiger partial charge in [0.05, 0.1) is 25.2 Å². The van der Waals surface area contributed by atoms with Gasteiger partial charge in [-0.2, -0.15) is 5.10 Å². The van der Waals surface area contributed by atoms with E-state index in [4.69, 9.17) is 4.74 Å². The van der Waals surface area contributed by atoms with E-state index in [-0.39, 0.29) is 5.82 Å². The summed E-state index contributed by atoms with van der Waals surface area (Å²) in [4.78, 5) is 7.75. The van der Waals surface area contributed by atoms with Crippen molar-refractivity contribution in [2.75, 3.05) is 18.1 Å². The van der Waals surface area contributed by atoms with Crippen molar-refractivity contribution in [3.05, 3.63) is 84.7 Å². The lowest BCUT2D eigenvalue weighted by Crippen LogP contribution is -2.10. The van der Waals surface area contributed by atoms with Crippen LogP contribution in [0.15, 0.2) is 73.3 Å². The number of pyridine rings is 1. The van der Waals surface area contributed by atoms with Crippen molar-refractivity contribution in [2.45, 2.75) is 13.0 Å². The van der Waals surface area contributed by atoms with Crippen molar-refractivity contribution in [3.8, 4) is 28.0 Å². The number of anilines is 1. The summed E-state index contributed by atoms with van der Waals surface area (Å²) in [7, 11) is -1.99. The molecule has 3 heterocycles. The van der Waals surface area contributed by atoms with Gasteiger partial charge in [0.2, 0.25) is 10.0 Å². The van der Waals surface area contributed by atoms with E-state index >= 15 is 0 Å². The van der Waals surface area contributed by atoms with E-state index in [1.165, 1.54) is 19.2 Å². The van der Waals surface area contributed by atoms with Crippen LogP contribution in [-0.2, 0) is 23.0 Å². The van der Waals surface area contributed by atoms with Crippen LogP contribution in [0.25, 0.3) is 33.3 Å². The van der Waals surface area contributed by atoms with E-state index in [2.05, 4.69) is 19.8 Å². The quantitative estimate of drug-likeness (QED) is 0.314. The predicted molar refractivity (Wildman–Crippen MR) is 138 cm³/mol. The van der Waals surface area contributed by atoms with Crippen LogP contribution in [-0.4, -0.2) is 41.5 Å². The zero-order valence-electron chi connectivity index (χ0n) is 19.7. The number of nitrogens with zero attached hydrogens (tertiary/aromatic N) is 3. The summed E-state index contributed by atoms with van der Waals surface area (Å²) in [5, 5.41) is 5.38. The molecule has 5 aromatic rings. The number of benzene rings is 2. The lowest BCUT2D eigenvalue weighted by Gasteiger charge is -2.12. The molecule has 0 aliphatic heterocycles. The molecule has 0 fully saturated rings. The first-order valence-corrected chi connectivity index (χ1v) is 13.1. The Labute approximate surface area is 207 Å². The molecule has 8 nitrogen and oxygen atoms in total. The maximum Gasteiger partial charge on any atom is 0.229 e. The Morgan fingerprint density at radius 1 is 1.08 bits per heavy atom. The molecule has 0 unspecified atom stereocenters. The fraction of sp³-hybridized carbons (Fsp3) is 0.154. The number of aromatic nitrogens is 4. The van der Waals surface area contributed by atoms with Crippen molar-refractivity contribution in [1.29, 1.82) is 0 Å². The highest BCUT2D eigenvalue weighted by atomic mass is 32.2. The van der Waals surface area contributed by atoms with Gasteiger partial charge in [-0.15, -0.1) is 0 Å². The van der Waals surface area contributed by atoms with E-state index in [0.717, 1.165) is 45.1 Å². The van der Waals surface area contributed by atoms with Gasteiger partial charge in [-0.3, -0.25) is 9.40 Å². The first-order chi connectivity index (χ1) is 17.3. The van der Waals surface area contributed by atoms with Gasteiger partial charge >= 0.3 is 0 Å². The van der Waals surface area contributed by atoms with Gasteiger partial charge in [0, 0.05) is 47.2 Å². The zero-order chi connectivity index (χ0) is 25.3. The predicted octanol–water partition coefficient (Wildman–Crippen LogP) is 4.86. The van der Waals surface area contributed by atoms with E-state index in [1.54, 1.807) is 30.6 Å². The number of H-pyrrole nitrogens is 1. The molecule has 0 radical (unpaired) electrons. The minimum atomic E-state index is -3.48. The first-order valence-electron chi connectivity index (χ1n) is 11.2. The number of aryl methyl sites for hydroxylation is 2. The van der Waals surface area contributed by atoms with E-state index in [0.29, 0.717) is 24.4 Å². The molecule has 10 heteroatoms. The molecule has 2 N–H and O–H groups in total. The number of sulfonamides is 1. The van der Waals surface area contributed by atoms with Crippen molar-refractivity contribution in [2.24, 2.45) is 0 Å². The third kappa shape index (κ3) is 5.08. The van der Waals surface area contributed by atoms with E-state index in [9.17, 15) is 12.8 Å². The number of ether oxygens (including phenoxy) is 1. The van der Waals surface area contributed by atoms with E-state index in [1.807, 2.05) is 35.3 Å². The second-order valence-electron chi connectivity index (χ2n) is 8.48. The highest BCUT2D eigenvalue weighted by Gasteiger charge is 2.14. The number of hydrogen-bond acceptors (Lipinski definition) is 5. The topological polar surface area (TPSA) is 102 Å². The fourth-order valence-electron chi connectivity index (χ4n) is 4.13. The van der Waals surface area contributed by atoms with Crippen LogP contribution in [0, 0.1) is 5.82 Å². The summed E-state index contributed by atoms with van der Waals surface area (Å²) in [5.74, 6) is 0.179. The maximum absolute atomic E-state index is 13.5. The Hall–Kier alpha value is -4.18. The van der Waals surface area contributed by atoms with Crippen LogP contribution in [0.4, 0.5) is 10.1 Å². The highest BCUT2D eigenvalue weighted by molar-refractivity contribution is 7.92. The molecular weight excluding hydrogens is 481 g/mol. The summed E-state index contributed by atoms with van der Waals surface area (Å²) in [5.41, 5.74) is 5.47. The molecule has 0 bridgehead atoms. The molecule has 3 aromatic heterocycles. The number of aromatic amines is 1. The van der Waals surface area contributed by atoms with Crippen LogP contribution in [0.1, 0.15) is 5.56 Å². The standard InChI is InChI=1S/C26H24FN5O3S/c1-35-25-7-6-18(12-24(25)31-36(2,33)34)19-11-22-23(15-29-26(22)28-13-19)20-14-30-32(16-20)9-8-17-4-3-5-21(27)10-17/h3-7,10-16,31H,8-9H2,1-2H3,(H,28,29). The van der Waals surface area contributed by atoms with Crippen molar-refractivity contribution in [1.82, 2.24) is 19.7 Å². The molecular formula is C26H24FN5O3S. The number of nitrogens with one attached hydrogen (secondary N) is 2. The molecule has 36 heavy (non-hydrogen) atoms. The smallest absolute Gasteiger partial charge is 0.229 e. The first kappa shape index (κ1) is 23.6. The van der Waals surface area contributed by atoms with Gasteiger partial charge in [0.25, 0.3) is 0 Å². The molecule has 2 aromatic carbocycles. The molecule has 0 spiro atoms. The van der Waals surface area contributed by atoms with Crippen molar-refractivity contribution < 1.29 is 17.5 Å². The van der Waals surface area contributed by atoms with Crippen LogP contribution in [0.3, 0.4) is 0 Å². The Balaban J connectivity index is 1.44. The second-order valence-corrected chi connectivity index (χ2v) is 10.2. The SMILES string of the molecule is COc1ccc(-c2cnc3[nH]cc(-c4cnn(CCc5cccc(F)c5)c4)c3c2)cc1NS(C)(=O)=O. The highest BCUT2D eigenvalue weighted by Crippen LogP contribution is 2.34. The number of rotatable bonds is 8. The van der Waals surface area contributed by atoms with Crippen LogP contribution >= 0.6 is 0 Å². The lowest BCUT2D eigenvalue weighted by molar-refractivity contribution is 0.417.